The van der Waals surface area contributed by atoms with Gasteiger partial charge in [-0.2, -0.15) is 0 Å². The molecule has 1 heterocycles. The van der Waals surface area contributed by atoms with Gasteiger partial charge in [-0.3, -0.25) is 9.59 Å². The maximum Gasteiger partial charge on any atom is 0.237 e. The number of carbonyl (C=O) groups is 2. The first kappa shape index (κ1) is 29.3. The summed E-state index contributed by atoms with van der Waals surface area (Å²) in [5, 5.41) is 3.29. The first-order chi connectivity index (χ1) is 20.2. The molecular formula is C37H41N3O2. The maximum atomic E-state index is 13.6. The van der Waals surface area contributed by atoms with Gasteiger partial charge in [-0.25, -0.2) is 0 Å². The Kier molecular flexibility index (Phi) is 8.89. The molecule has 4 aromatic rings. The molecule has 0 saturated heterocycles. The van der Waals surface area contributed by atoms with E-state index in [0.717, 1.165) is 45.5 Å². The monoisotopic (exact) mass is 559 g/mol. The van der Waals surface area contributed by atoms with Crippen molar-refractivity contribution in [3.8, 4) is 0 Å². The Bertz CT molecular complexity index is 1560. The fourth-order valence-corrected chi connectivity index (χ4v) is 6.38. The lowest BCUT2D eigenvalue weighted by atomic mass is 9.87. The third-order valence-corrected chi connectivity index (χ3v) is 8.35. The van der Waals surface area contributed by atoms with E-state index in [2.05, 4.69) is 86.8 Å². The lowest BCUT2D eigenvalue weighted by molar-refractivity contribution is -0.123. The number of nitrogens with one attached hydrogen (secondary N) is 1. The van der Waals surface area contributed by atoms with Gasteiger partial charge in [0, 0.05) is 13.5 Å². The van der Waals surface area contributed by atoms with Crippen LogP contribution in [-0.4, -0.2) is 24.4 Å². The molecule has 5 heteroatoms. The van der Waals surface area contributed by atoms with Crippen LogP contribution in [0.4, 0.5) is 5.69 Å². The van der Waals surface area contributed by atoms with Gasteiger partial charge in [0.1, 0.15) is 0 Å². The van der Waals surface area contributed by atoms with Crippen molar-refractivity contribution in [1.29, 1.82) is 0 Å². The second-order valence-electron chi connectivity index (χ2n) is 11.7. The minimum atomic E-state index is -0.671. The first-order valence-corrected chi connectivity index (χ1v) is 14.8. The number of nitrogens with two attached hydrogens (primary N) is 1. The lowest BCUT2D eigenvalue weighted by Gasteiger charge is -2.37. The molecule has 1 aliphatic heterocycles. The Morgan fingerprint density at radius 1 is 0.857 bits per heavy atom. The van der Waals surface area contributed by atoms with E-state index >= 15 is 0 Å². The van der Waals surface area contributed by atoms with Crippen molar-refractivity contribution in [3.63, 3.8) is 0 Å². The molecule has 0 radical (unpaired) electrons. The van der Waals surface area contributed by atoms with Crippen LogP contribution in [0, 0.1) is 20.8 Å². The van der Waals surface area contributed by atoms with Crippen molar-refractivity contribution in [2.24, 2.45) is 5.73 Å². The first-order valence-electron chi connectivity index (χ1n) is 14.8. The van der Waals surface area contributed by atoms with Gasteiger partial charge in [0.15, 0.2) is 0 Å². The number of anilines is 1. The Balaban J connectivity index is 1.50. The molecule has 4 aromatic carbocycles. The highest BCUT2D eigenvalue weighted by atomic mass is 16.2. The summed E-state index contributed by atoms with van der Waals surface area (Å²) < 4.78 is 0. The summed E-state index contributed by atoms with van der Waals surface area (Å²) in [7, 11) is 0. The van der Waals surface area contributed by atoms with Crippen LogP contribution in [-0.2, 0) is 28.9 Å². The third-order valence-electron chi connectivity index (χ3n) is 8.35. The van der Waals surface area contributed by atoms with Gasteiger partial charge in [0.05, 0.1) is 17.8 Å². The Hall–Kier alpha value is -4.22. The largest absolute Gasteiger partial charge is 0.348 e. The van der Waals surface area contributed by atoms with Crippen LogP contribution in [0.25, 0.3) is 0 Å². The zero-order chi connectivity index (χ0) is 29.8. The average Bonchev–Trinajstić information content (AvgIpc) is 2.96. The summed E-state index contributed by atoms with van der Waals surface area (Å²) in [6, 6.07) is 28.5. The molecule has 0 fully saturated rings. The molecule has 3 N–H and O–H groups in total. The zero-order valence-electron chi connectivity index (χ0n) is 25.1. The Labute approximate surface area is 249 Å². The number of amides is 2. The number of rotatable bonds is 8. The van der Waals surface area contributed by atoms with E-state index in [9.17, 15) is 9.59 Å². The summed E-state index contributed by atoms with van der Waals surface area (Å²) in [4.78, 5) is 28.3. The molecule has 5 nitrogen and oxygen atoms in total. The molecule has 5 rings (SSSR count). The van der Waals surface area contributed by atoms with Crippen LogP contribution in [0.5, 0.6) is 0 Å². The SMILES string of the molecule is CC(=O)N1CCC(NC(=O)C(N)Cc2c(C)cc(C)cc2C)c2cc(Cc3ccccc3)cc(Cc3ccccc3)c21. The number of fused-ring (bicyclic) bond motifs is 1. The summed E-state index contributed by atoms with van der Waals surface area (Å²) >= 11 is 0. The van der Waals surface area contributed by atoms with Gasteiger partial charge < -0.3 is 16.0 Å². The molecular weight excluding hydrogens is 518 g/mol. The van der Waals surface area contributed by atoms with Crippen molar-refractivity contribution >= 4 is 17.5 Å². The number of hydrogen-bond donors (Lipinski definition) is 2. The minimum Gasteiger partial charge on any atom is -0.348 e. The van der Waals surface area contributed by atoms with E-state index < -0.39 is 6.04 Å². The zero-order valence-corrected chi connectivity index (χ0v) is 25.1. The quantitative estimate of drug-likeness (QED) is 0.267. The number of hydrogen-bond acceptors (Lipinski definition) is 3. The van der Waals surface area contributed by atoms with E-state index in [1.807, 2.05) is 29.2 Å². The topological polar surface area (TPSA) is 75.4 Å². The molecule has 0 bridgehead atoms. The van der Waals surface area contributed by atoms with Gasteiger partial charge in [0.25, 0.3) is 0 Å². The van der Waals surface area contributed by atoms with Crippen LogP contribution in [0.1, 0.15) is 69.5 Å². The second-order valence-corrected chi connectivity index (χ2v) is 11.7. The van der Waals surface area contributed by atoms with E-state index in [0.29, 0.717) is 25.8 Å². The van der Waals surface area contributed by atoms with Crippen molar-refractivity contribution < 1.29 is 9.59 Å². The van der Waals surface area contributed by atoms with E-state index in [1.54, 1.807) is 6.92 Å². The van der Waals surface area contributed by atoms with E-state index in [1.165, 1.54) is 16.7 Å². The van der Waals surface area contributed by atoms with Crippen LogP contribution in [0.15, 0.2) is 84.9 Å². The Morgan fingerprint density at radius 2 is 1.45 bits per heavy atom. The van der Waals surface area contributed by atoms with E-state index in [4.69, 9.17) is 5.73 Å². The van der Waals surface area contributed by atoms with Gasteiger partial charge in [-0.1, -0.05) is 90.5 Å². The van der Waals surface area contributed by atoms with Crippen LogP contribution >= 0.6 is 0 Å². The second kappa shape index (κ2) is 12.7. The molecule has 2 unspecified atom stereocenters. The van der Waals surface area contributed by atoms with Crippen molar-refractivity contribution in [2.45, 2.75) is 65.5 Å². The highest BCUT2D eigenvalue weighted by Crippen LogP contribution is 2.39. The van der Waals surface area contributed by atoms with Gasteiger partial charge in [-0.15, -0.1) is 0 Å². The van der Waals surface area contributed by atoms with Gasteiger partial charge >= 0.3 is 0 Å². The summed E-state index contributed by atoms with van der Waals surface area (Å²) in [5.41, 5.74) is 17.7. The standard InChI is InChI=1S/C37H41N3O2/c1-24-17-25(2)32(26(3)18-24)23-34(38)37(42)39-35-15-16-40(27(4)41)36-31(20-29-13-9-6-10-14-29)21-30(22-33(35)36)19-28-11-7-5-8-12-28/h5-14,17-18,21-22,34-35H,15-16,19-20,23,38H2,1-4H3,(H,39,42). The minimum absolute atomic E-state index is 0.00757. The molecule has 0 aromatic heterocycles. The van der Waals surface area contributed by atoms with Crippen molar-refractivity contribution in [1.82, 2.24) is 5.32 Å². The van der Waals surface area contributed by atoms with Gasteiger partial charge in [0.2, 0.25) is 11.8 Å². The normalized spacial score (nSPS) is 15.2. The number of aryl methyl sites for hydroxylation is 3. The fourth-order valence-electron chi connectivity index (χ4n) is 6.38. The summed E-state index contributed by atoms with van der Waals surface area (Å²) in [5.74, 6) is -0.159. The molecule has 1 aliphatic rings. The third kappa shape index (κ3) is 6.63. The molecule has 2 amide bonds. The van der Waals surface area contributed by atoms with Gasteiger partial charge in [-0.05, 0) is 91.0 Å². The number of nitrogens with zero attached hydrogens (tertiary/aromatic N) is 1. The predicted octanol–water partition coefficient (Wildman–Crippen LogP) is 6.28. The smallest absolute Gasteiger partial charge is 0.237 e. The predicted molar refractivity (Wildman–Crippen MR) is 171 cm³/mol. The average molecular weight is 560 g/mol. The molecule has 0 aliphatic carbocycles. The molecule has 2 atom stereocenters. The highest BCUT2D eigenvalue weighted by molar-refractivity contribution is 5.94. The van der Waals surface area contributed by atoms with Crippen LogP contribution < -0.4 is 16.0 Å². The molecule has 216 valence electrons. The van der Waals surface area contributed by atoms with Crippen molar-refractivity contribution in [3.05, 3.63) is 135 Å². The number of benzene rings is 4. The maximum absolute atomic E-state index is 13.6. The van der Waals surface area contributed by atoms with Crippen LogP contribution in [0.2, 0.25) is 0 Å². The van der Waals surface area contributed by atoms with Crippen LogP contribution in [0.3, 0.4) is 0 Å². The fraction of sp³-hybridized carbons (Fsp3) is 0.297. The molecule has 0 saturated carbocycles. The summed E-state index contributed by atoms with van der Waals surface area (Å²) in [6.45, 7) is 8.40. The van der Waals surface area contributed by atoms with E-state index in [-0.39, 0.29) is 17.9 Å². The summed E-state index contributed by atoms with van der Waals surface area (Å²) in [6.07, 6.45) is 2.58. The lowest BCUT2D eigenvalue weighted by Crippen LogP contribution is -2.46. The molecule has 0 spiro atoms. The highest BCUT2D eigenvalue weighted by Gasteiger charge is 2.32. The molecule has 42 heavy (non-hydrogen) atoms. The van der Waals surface area contributed by atoms with Crippen molar-refractivity contribution in [2.75, 3.05) is 11.4 Å². The number of carbonyl (C=O) groups excluding carboxylic acids is 2. The Morgan fingerprint density at radius 3 is 2.05 bits per heavy atom.